The molecule has 4 nitrogen and oxygen atoms in total. The second-order valence-corrected chi connectivity index (χ2v) is 5.75. The van der Waals surface area contributed by atoms with Crippen LogP contribution < -0.4 is 4.57 Å². The Labute approximate surface area is 112 Å². The lowest BCUT2D eigenvalue weighted by Gasteiger charge is -1.90. The molecule has 0 bridgehead atoms. The molecule has 5 heterocycles. The standard InChI is InChI=1S/C14H9N4S/c1-2-9-6-18-13-10-3-5-15-8-17(10)7-11(13)19-14(18)12(9)16-4-1/h1-5,7-8H,6H2/q+1. The Morgan fingerprint density at radius 2 is 2.26 bits per heavy atom. The fraction of sp³-hybridized carbons (Fsp3) is 0.0714. The Hall–Kier alpha value is -2.27. The number of thiazole rings is 1. The van der Waals surface area contributed by atoms with Crippen LogP contribution in [0.1, 0.15) is 5.56 Å². The molecule has 0 spiro atoms. The summed E-state index contributed by atoms with van der Waals surface area (Å²) in [6.45, 7) is 0.917. The third-order valence-corrected chi connectivity index (χ3v) is 4.79. The molecule has 0 saturated carbocycles. The zero-order chi connectivity index (χ0) is 12.4. The van der Waals surface area contributed by atoms with Crippen LogP contribution in [0.25, 0.3) is 26.4 Å². The molecule has 0 N–H and O–H groups in total. The molecule has 0 atom stereocenters. The van der Waals surface area contributed by atoms with Crippen LogP contribution in [0.5, 0.6) is 0 Å². The fourth-order valence-corrected chi connectivity index (χ4v) is 4.09. The van der Waals surface area contributed by atoms with Crippen LogP contribution >= 0.6 is 11.3 Å². The van der Waals surface area contributed by atoms with E-state index in [2.05, 4.69) is 37.3 Å². The quantitative estimate of drug-likeness (QED) is 0.402. The molecule has 0 fully saturated rings. The lowest BCUT2D eigenvalue weighted by atomic mass is 10.2. The molecule has 1 aliphatic heterocycles. The van der Waals surface area contributed by atoms with Gasteiger partial charge in [-0.2, -0.15) is 4.57 Å². The molecule has 0 aromatic carbocycles. The van der Waals surface area contributed by atoms with Gasteiger partial charge in [-0.1, -0.05) is 11.3 Å². The van der Waals surface area contributed by atoms with Gasteiger partial charge >= 0.3 is 0 Å². The second-order valence-electron chi connectivity index (χ2n) is 4.72. The molecule has 0 aliphatic carbocycles. The number of aromatic nitrogens is 4. The van der Waals surface area contributed by atoms with Gasteiger partial charge in [0.2, 0.25) is 5.52 Å². The highest BCUT2D eigenvalue weighted by molar-refractivity contribution is 7.21. The van der Waals surface area contributed by atoms with Crippen molar-refractivity contribution in [2.75, 3.05) is 0 Å². The normalized spacial score (nSPS) is 13.1. The third kappa shape index (κ3) is 1.11. The van der Waals surface area contributed by atoms with E-state index in [1.165, 1.54) is 26.3 Å². The van der Waals surface area contributed by atoms with Gasteiger partial charge < -0.3 is 4.40 Å². The van der Waals surface area contributed by atoms with Gasteiger partial charge in [0.25, 0.3) is 5.01 Å². The number of pyridine rings is 1. The topological polar surface area (TPSA) is 34.1 Å². The zero-order valence-corrected chi connectivity index (χ0v) is 10.8. The molecule has 0 amide bonds. The first-order valence-corrected chi connectivity index (χ1v) is 6.95. The Balaban J connectivity index is 1.94. The van der Waals surface area contributed by atoms with Crippen molar-refractivity contribution in [3.8, 4) is 10.7 Å². The Bertz CT molecular complexity index is 951. The summed E-state index contributed by atoms with van der Waals surface area (Å²) >= 11 is 1.81. The van der Waals surface area contributed by atoms with Crippen molar-refractivity contribution in [1.29, 1.82) is 0 Å². The Morgan fingerprint density at radius 3 is 3.26 bits per heavy atom. The molecule has 0 unspecified atom stereocenters. The van der Waals surface area contributed by atoms with E-state index in [1.807, 2.05) is 24.8 Å². The van der Waals surface area contributed by atoms with Crippen molar-refractivity contribution >= 4 is 27.1 Å². The summed E-state index contributed by atoms with van der Waals surface area (Å²) in [5.74, 6) is 0. The van der Waals surface area contributed by atoms with Gasteiger partial charge in [0.05, 0.1) is 11.9 Å². The van der Waals surface area contributed by atoms with E-state index in [0.717, 1.165) is 12.2 Å². The molecular formula is C14H9N4S+. The predicted octanol–water partition coefficient (Wildman–Crippen LogP) is 2.26. The first-order chi connectivity index (χ1) is 9.42. The summed E-state index contributed by atoms with van der Waals surface area (Å²) < 4.78 is 5.75. The minimum absolute atomic E-state index is 0.917. The molecule has 0 radical (unpaired) electrons. The van der Waals surface area contributed by atoms with Crippen molar-refractivity contribution in [2.24, 2.45) is 0 Å². The van der Waals surface area contributed by atoms with Gasteiger partial charge in [0, 0.05) is 18.6 Å². The molecule has 4 aromatic heterocycles. The van der Waals surface area contributed by atoms with Crippen LogP contribution in [-0.4, -0.2) is 14.4 Å². The highest BCUT2D eigenvalue weighted by atomic mass is 32.1. The average molecular weight is 265 g/mol. The third-order valence-electron chi connectivity index (χ3n) is 3.66. The molecule has 5 rings (SSSR count). The van der Waals surface area contributed by atoms with Crippen molar-refractivity contribution in [2.45, 2.75) is 6.54 Å². The van der Waals surface area contributed by atoms with E-state index < -0.39 is 0 Å². The maximum absolute atomic E-state index is 4.53. The molecule has 19 heavy (non-hydrogen) atoms. The monoisotopic (exact) mass is 265 g/mol. The summed E-state index contributed by atoms with van der Waals surface area (Å²) in [5, 5.41) is 1.26. The Morgan fingerprint density at radius 1 is 1.26 bits per heavy atom. The Kier molecular flexibility index (Phi) is 1.62. The number of nitrogens with zero attached hydrogens (tertiary/aromatic N) is 4. The molecule has 1 aliphatic rings. The number of rotatable bonds is 0. The van der Waals surface area contributed by atoms with E-state index in [4.69, 9.17) is 0 Å². The number of hydrogen-bond acceptors (Lipinski definition) is 3. The van der Waals surface area contributed by atoms with Crippen LogP contribution in [-0.2, 0) is 6.54 Å². The van der Waals surface area contributed by atoms with Crippen molar-refractivity contribution in [3.63, 3.8) is 0 Å². The average Bonchev–Trinajstić information content (AvgIpc) is 3.05. The van der Waals surface area contributed by atoms with Crippen LogP contribution in [0.15, 0.2) is 43.1 Å². The smallest absolute Gasteiger partial charge is 0.289 e. The molecule has 0 saturated heterocycles. The van der Waals surface area contributed by atoms with Gasteiger partial charge in [0.15, 0.2) is 12.2 Å². The minimum atomic E-state index is 0.917. The van der Waals surface area contributed by atoms with Gasteiger partial charge in [0.1, 0.15) is 10.2 Å². The van der Waals surface area contributed by atoms with E-state index in [1.54, 1.807) is 11.3 Å². The number of fused-ring (bicyclic) bond motifs is 7. The van der Waals surface area contributed by atoms with E-state index in [-0.39, 0.29) is 0 Å². The van der Waals surface area contributed by atoms with E-state index in [0.29, 0.717) is 0 Å². The van der Waals surface area contributed by atoms with Gasteiger partial charge in [-0.15, -0.1) is 0 Å². The maximum atomic E-state index is 4.53. The summed E-state index contributed by atoms with van der Waals surface area (Å²) in [6, 6.07) is 6.24. The van der Waals surface area contributed by atoms with Crippen molar-refractivity contribution < 1.29 is 4.57 Å². The molecule has 4 aromatic rings. The highest BCUT2D eigenvalue weighted by Crippen LogP contribution is 2.35. The van der Waals surface area contributed by atoms with Gasteiger partial charge in [-0.3, -0.25) is 0 Å². The predicted molar refractivity (Wildman–Crippen MR) is 73.1 cm³/mol. The highest BCUT2D eigenvalue weighted by Gasteiger charge is 2.34. The SMILES string of the molecule is c1cnc2c(c1)C[n+]1c-2sc2cn3cnccc3c21. The van der Waals surface area contributed by atoms with Crippen LogP contribution in [0.4, 0.5) is 0 Å². The maximum Gasteiger partial charge on any atom is 0.289 e. The zero-order valence-electron chi connectivity index (χ0n) is 9.95. The summed E-state index contributed by atoms with van der Waals surface area (Å²) in [6.07, 6.45) is 7.72. The largest absolute Gasteiger partial charge is 0.300 e. The van der Waals surface area contributed by atoms with E-state index >= 15 is 0 Å². The van der Waals surface area contributed by atoms with Gasteiger partial charge in [-0.25, -0.2) is 9.97 Å². The molecule has 90 valence electrons. The van der Waals surface area contributed by atoms with Crippen LogP contribution in [0.3, 0.4) is 0 Å². The van der Waals surface area contributed by atoms with E-state index in [9.17, 15) is 0 Å². The fourth-order valence-electron chi connectivity index (χ4n) is 2.85. The molecule has 5 heteroatoms. The number of hydrogen-bond donors (Lipinski definition) is 0. The van der Waals surface area contributed by atoms with Gasteiger partial charge in [-0.05, 0) is 18.2 Å². The molecular weight excluding hydrogens is 256 g/mol. The lowest BCUT2D eigenvalue weighted by molar-refractivity contribution is -0.641. The summed E-state index contributed by atoms with van der Waals surface area (Å²) in [7, 11) is 0. The first kappa shape index (κ1) is 9.63. The first-order valence-electron chi connectivity index (χ1n) is 6.13. The summed E-state index contributed by atoms with van der Waals surface area (Å²) in [5.41, 5.74) is 4.95. The minimum Gasteiger partial charge on any atom is -0.300 e. The van der Waals surface area contributed by atoms with Crippen molar-refractivity contribution in [1.82, 2.24) is 14.4 Å². The summed E-state index contributed by atoms with van der Waals surface area (Å²) in [4.78, 5) is 8.69. The van der Waals surface area contributed by atoms with Crippen LogP contribution in [0, 0.1) is 0 Å². The second kappa shape index (κ2) is 3.19. The van der Waals surface area contributed by atoms with Crippen molar-refractivity contribution in [3.05, 3.63) is 48.7 Å². The van der Waals surface area contributed by atoms with Crippen LogP contribution in [0.2, 0.25) is 0 Å². The lowest BCUT2D eigenvalue weighted by Crippen LogP contribution is -2.30.